The van der Waals surface area contributed by atoms with E-state index in [1.807, 2.05) is 0 Å². The van der Waals surface area contributed by atoms with Gasteiger partial charge in [0.1, 0.15) is 0 Å². The molecule has 0 N–H and O–H groups in total. The third kappa shape index (κ3) is 6.29. The molecule has 0 aromatic carbocycles. The second kappa shape index (κ2) is 6.59. The predicted molar refractivity (Wildman–Crippen MR) is 55.0 cm³/mol. The van der Waals surface area contributed by atoms with Crippen molar-refractivity contribution in [3.8, 4) is 0 Å². The average molecular weight is 173 g/mol. The van der Waals surface area contributed by atoms with E-state index in [1.165, 1.54) is 12.8 Å². The number of nitrogens with zero attached hydrogens (tertiary/aromatic N) is 1. The zero-order valence-electron chi connectivity index (χ0n) is 7.84. The molecule has 0 fully saturated rings. The van der Waals surface area contributed by atoms with Crippen molar-refractivity contribution in [2.45, 2.75) is 33.6 Å². The summed E-state index contributed by atoms with van der Waals surface area (Å²) in [5, 5.41) is 0. The van der Waals surface area contributed by atoms with E-state index in [1.54, 1.807) is 5.49 Å². The van der Waals surface area contributed by atoms with Crippen LogP contribution in [0.3, 0.4) is 0 Å². The topological polar surface area (TPSA) is 3.24 Å². The number of thiocarbonyl (C=S) groups is 1. The largest absolute Gasteiger partial charge is 0.368 e. The van der Waals surface area contributed by atoms with Crippen molar-refractivity contribution in [3.05, 3.63) is 0 Å². The van der Waals surface area contributed by atoms with Crippen LogP contribution in [0, 0.1) is 5.92 Å². The highest BCUT2D eigenvalue weighted by molar-refractivity contribution is 7.78. The van der Waals surface area contributed by atoms with Crippen LogP contribution in [0.1, 0.15) is 33.6 Å². The first kappa shape index (κ1) is 10.9. The quantitative estimate of drug-likeness (QED) is 0.568. The average Bonchev–Trinajstić information content (AvgIpc) is 1.97. The monoisotopic (exact) mass is 173 g/mol. The lowest BCUT2D eigenvalue weighted by Crippen LogP contribution is -2.26. The van der Waals surface area contributed by atoms with E-state index in [0.717, 1.165) is 13.1 Å². The highest BCUT2D eigenvalue weighted by Gasteiger charge is 2.00. The molecule has 0 spiro atoms. The van der Waals surface area contributed by atoms with E-state index in [2.05, 4.69) is 25.7 Å². The number of hydrogen-bond acceptors (Lipinski definition) is 1. The fourth-order valence-electron chi connectivity index (χ4n) is 1.02. The molecule has 0 aromatic heterocycles. The predicted octanol–water partition coefficient (Wildman–Crippen LogP) is 2.70. The van der Waals surface area contributed by atoms with Crippen LogP contribution in [0.25, 0.3) is 0 Å². The van der Waals surface area contributed by atoms with Crippen LogP contribution in [0.15, 0.2) is 0 Å². The van der Waals surface area contributed by atoms with Gasteiger partial charge in [-0.05, 0) is 12.3 Å². The van der Waals surface area contributed by atoms with Crippen molar-refractivity contribution < 1.29 is 0 Å². The van der Waals surface area contributed by atoms with E-state index in [0.29, 0.717) is 5.92 Å². The highest BCUT2D eigenvalue weighted by atomic mass is 32.1. The summed E-state index contributed by atoms with van der Waals surface area (Å²) in [7, 11) is 0. The summed E-state index contributed by atoms with van der Waals surface area (Å²) in [6.07, 6.45) is 2.50. The fraction of sp³-hybridized carbons (Fsp3) is 0.889. The van der Waals surface area contributed by atoms with Gasteiger partial charge in [-0.15, -0.1) is 0 Å². The molecule has 2 heteroatoms. The first-order valence-electron chi connectivity index (χ1n) is 4.40. The van der Waals surface area contributed by atoms with Crippen LogP contribution >= 0.6 is 12.2 Å². The summed E-state index contributed by atoms with van der Waals surface area (Å²) in [5.74, 6) is 0.714. The molecule has 0 unspecified atom stereocenters. The second-order valence-corrected chi connectivity index (χ2v) is 3.56. The van der Waals surface area contributed by atoms with Crippen molar-refractivity contribution >= 4 is 17.7 Å². The minimum atomic E-state index is 0.714. The lowest BCUT2D eigenvalue weighted by atomic mass is 10.2. The zero-order chi connectivity index (χ0) is 8.69. The van der Waals surface area contributed by atoms with Crippen LogP contribution in [0.4, 0.5) is 0 Å². The molecule has 0 rings (SSSR count). The van der Waals surface area contributed by atoms with Crippen LogP contribution in [-0.4, -0.2) is 23.5 Å². The lowest BCUT2D eigenvalue weighted by molar-refractivity contribution is 0.372. The van der Waals surface area contributed by atoms with Gasteiger partial charge in [-0.25, -0.2) is 0 Å². The maximum absolute atomic E-state index is 4.91. The summed E-state index contributed by atoms with van der Waals surface area (Å²) >= 11 is 4.91. The van der Waals surface area contributed by atoms with Crippen molar-refractivity contribution in [2.75, 3.05) is 13.1 Å². The molecular formula is C9H19NS. The molecule has 0 saturated carbocycles. The van der Waals surface area contributed by atoms with Gasteiger partial charge in [-0.2, -0.15) is 0 Å². The van der Waals surface area contributed by atoms with E-state index in [-0.39, 0.29) is 0 Å². The van der Waals surface area contributed by atoms with Gasteiger partial charge in [0.15, 0.2) is 0 Å². The van der Waals surface area contributed by atoms with Crippen LogP contribution in [-0.2, 0) is 0 Å². The summed E-state index contributed by atoms with van der Waals surface area (Å²) < 4.78 is 0. The Morgan fingerprint density at radius 3 is 2.45 bits per heavy atom. The van der Waals surface area contributed by atoms with E-state index in [4.69, 9.17) is 12.2 Å². The minimum absolute atomic E-state index is 0.714. The molecule has 66 valence electrons. The Labute approximate surface area is 75.8 Å². The second-order valence-electron chi connectivity index (χ2n) is 3.35. The number of hydrogen-bond donors (Lipinski definition) is 0. The normalized spacial score (nSPS) is 10.2. The molecule has 0 heterocycles. The lowest BCUT2D eigenvalue weighted by Gasteiger charge is -2.20. The maximum atomic E-state index is 4.91. The Morgan fingerprint density at radius 1 is 1.45 bits per heavy atom. The summed E-state index contributed by atoms with van der Waals surface area (Å²) in [5.41, 5.74) is 1.79. The third-order valence-corrected chi connectivity index (χ3v) is 1.85. The number of rotatable bonds is 6. The molecule has 11 heavy (non-hydrogen) atoms. The minimum Gasteiger partial charge on any atom is -0.368 e. The highest BCUT2D eigenvalue weighted by Crippen LogP contribution is 1.98. The van der Waals surface area contributed by atoms with Crippen LogP contribution < -0.4 is 0 Å². The molecule has 0 bridgehead atoms. The van der Waals surface area contributed by atoms with Gasteiger partial charge in [0, 0.05) is 13.1 Å². The van der Waals surface area contributed by atoms with Gasteiger partial charge >= 0.3 is 0 Å². The molecule has 0 amide bonds. The summed E-state index contributed by atoms with van der Waals surface area (Å²) in [6, 6.07) is 0. The van der Waals surface area contributed by atoms with E-state index >= 15 is 0 Å². The first-order chi connectivity index (χ1) is 5.20. The standard InChI is InChI=1S/C9H19NS/c1-4-5-6-10(8-11)7-9(2)3/h8-9H,4-7H2,1-3H3. The Hall–Kier alpha value is -0.110. The van der Waals surface area contributed by atoms with Gasteiger partial charge in [0.25, 0.3) is 0 Å². The summed E-state index contributed by atoms with van der Waals surface area (Å²) in [4.78, 5) is 2.23. The van der Waals surface area contributed by atoms with Gasteiger partial charge in [0.05, 0.1) is 5.49 Å². The Kier molecular flexibility index (Phi) is 6.52. The fourth-order valence-corrected chi connectivity index (χ4v) is 1.21. The Morgan fingerprint density at radius 2 is 2.09 bits per heavy atom. The molecule has 0 saturated heterocycles. The van der Waals surface area contributed by atoms with Crippen molar-refractivity contribution in [2.24, 2.45) is 5.92 Å². The SMILES string of the molecule is CCCCN(C=S)CC(C)C. The molecule has 1 nitrogen and oxygen atoms in total. The molecule has 0 aliphatic carbocycles. The van der Waals surface area contributed by atoms with Crippen molar-refractivity contribution in [3.63, 3.8) is 0 Å². The van der Waals surface area contributed by atoms with Gasteiger partial charge in [-0.3, -0.25) is 0 Å². The van der Waals surface area contributed by atoms with Gasteiger partial charge in [-0.1, -0.05) is 39.4 Å². The van der Waals surface area contributed by atoms with E-state index in [9.17, 15) is 0 Å². The molecule has 0 aliphatic heterocycles. The Bertz CT molecular complexity index is 102. The van der Waals surface area contributed by atoms with Crippen LogP contribution in [0.2, 0.25) is 0 Å². The molecule has 0 aliphatic rings. The smallest absolute Gasteiger partial charge is 0.0640 e. The maximum Gasteiger partial charge on any atom is 0.0640 e. The van der Waals surface area contributed by atoms with Gasteiger partial charge < -0.3 is 4.90 Å². The Balaban J connectivity index is 3.49. The summed E-state index contributed by atoms with van der Waals surface area (Å²) in [6.45, 7) is 8.87. The molecule has 0 radical (unpaired) electrons. The number of unbranched alkanes of at least 4 members (excludes halogenated alkanes) is 1. The van der Waals surface area contributed by atoms with Crippen molar-refractivity contribution in [1.82, 2.24) is 4.90 Å². The molecule has 0 aromatic rings. The van der Waals surface area contributed by atoms with Crippen LogP contribution in [0.5, 0.6) is 0 Å². The van der Waals surface area contributed by atoms with Gasteiger partial charge in [0.2, 0.25) is 0 Å². The zero-order valence-corrected chi connectivity index (χ0v) is 8.66. The first-order valence-corrected chi connectivity index (χ1v) is 4.87. The van der Waals surface area contributed by atoms with Crippen molar-refractivity contribution in [1.29, 1.82) is 0 Å². The molecule has 0 atom stereocenters. The van der Waals surface area contributed by atoms with E-state index < -0.39 is 0 Å². The third-order valence-electron chi connectivity index (χ3n) is 1.55. The molecular weight excluding hydrogens is 154 g/mol.